The Bertz CT molecular complexity index is 2250. The molecule has 0 atom stereocenters. The second-order valence-electron chi connectivity index (χ2n) is 11.4. The van der Waals surface area contributed by atoms with Gasteiger partial charge in [-0.15, -0.1) is 0 Å². The first-order valence-corrected chi connectivity index (χ1v) is 15.8. The summed E-state index contributed by atoms with van der Waals surface area (Å²) in [5.41, 5.74) is 11.7. The molecule has 0 saturated heterocycles. The van der Waals surface area contributed by atoms with E-state index in [2.05, 4.69) is 131 Å². The maximum Gasteiger partial charge on any atom is 0.165 e. The largest absolute Gasteiger partial charge is 0.264 e. The zero-order valence-corrected chi connectivity index (χ0v) is 26.0. The van der Waals surface area contributed by atoms with Crippen LogP contribution in [0.4, 0.5) is 0 Å². The maximum absolute atomic E-state index is 4.96. The molecule has 0 saturated carbocycles. The Morgan fingerprint density at radius 2 is 0.667 bits per heavy atom. The summed E-state index contributed by atoms with van der Waals surface area (Å²) < 4.78 is 0. The number of rotatable bonds is 7. The predicted octanol–water partition coefficient (Wildman–Crippen LogP) is 10.3. The number of pyridine rings is 2. The van der Waals surface area contributed by atoms with E-state index in [9.17, 15) is 0 Å². The van der Waals surface area contributed by atoms with Gasteiger partial charge in [0.15, 0.2) is 17.5 Å². The van der Waals surface area contributed by atoms with E-state index in [1.54, 1.807) is 24.8 Å². The molecule has 0 spiro atoms. The number of hydrogen-bond acceptors (Lipinski definition) is 5. The van der Waals surface area contributed by atoms with Crippen LogP contribution in [-0.4, -0.2) is 24.9 Å². The van der Waals surface area contributed by atoms with Gasteiger partial charge in [0.05, 0.1) is 0 Å². The molecule has 0 N–H and O–H groups in total. The second-order valence-corrected chi connectivity index (χ2v) is 11.4. The van der Waals surface area contributed by atoms with Crippen molar-refractivity contribution in [3.63, 3.8) is 0 Å². The normalized spacial score (nSPS) is 10.9. The number of benzene rings is 5. The first kappa shape index (κ1) is 28.9. The first-order valence-electron chi connectivity index (χ1n) is 15.8. The average molecular weight is 616 g/mol. The molecule has 0 aliphatic rings. The van der Waals surface area contributed by atoms with E-state index in [1.807, 2.05) is 30.3 Å². The van der Waals surface area contributed by atoms with Crippen molar-refractivity contribution in [2.24, 2.45) is 0 Å². The van der Waals surface area contributed by atoms with Crippen LogP contribution >= 0.6 is 0 Å². The Kier molecular flexibility index (Phi) is 7.83. The molecule has 0 fully saturated rings. The minimum atomic E-state index is 0.556. The molecule has 0 aliphatic heterocycles. The molecular formula is C43H29N5. The van der Waals surface area contributed by atoms with E-state index in [4.69, 9.17) is 15.0 Å². The lowest BCUT2D eigenvalue weighted by atomic mass is 9.86. The molecule has 8 aromatic rings. The SMILES string of the molecule is c1ccc(-c2ccc(-c3ccc(-c4nc(-c5cccnc5)nc(-c5cccnc5)n4)cc3-c3ccccc3)c(-c3ccccc3)c2)cc1. The van der Waals surface area contributed by atoms with Gasteiger partial charge in [0.1, 0.15) is 0 Å². The standard InChI is InChI=1S/C43H29N5/c1-4-12-30(13-5-1)33-20-22-37(39(26-33)31-14-6-2-7-15-31)38-23-21-34(27-40(38)32-16-8-3-9-17-32)41-46-42(35-18-10-24-44-28-35)48-43(47-41)36-19-11-25-45-29-36/h1-29H. The fourth-order valence-corrected chi connectivity index (χ4v) is 5.97. The fraction of sp³-hybridized carbons (Fsp3) is 0. The quantitative estimate of drug-likeness (QED) is 0.178. The van der Waals surface area contributed by atoms with E-state index in [0.29, 0.717) is 17.5 Å². The summed E-state index contributed by atoms with van der Waals surface area (Å²) in [5.74, 6) is 1.69. The summed E-state index contributed by atoms with van der Waals surface area (Å²) in [6.07, 6.45) is 7.03. The molecule has 0 aliphatic carbocycles. The lowest BCUT2D eigenvalue weighted by Crippen LogP contribution is -2.01. The molecule has 3 heterocycles. The van der Waals surface area contributed by atoms with Gasteiger partial charge in [-0.25, -0.2) is 15.0 Å². The summed E-state index contributed by atoms with van der Waals surface area (Å²) in [7, 11) is 0. The second kappa shape index (κ2) is 13.0. The lowest BCUT2D eigenvalue weighted by molar-refractivity contribution is 1.07. The van der Waals surface area contributed by atoms with Crippen molar-refractivity contribution in [1.82, 2.24) is 24.9 Å². The van der Waals surface area contributed by atoms with E-state index < -0.39 is 0 Å². The van der Waals surface area contributed by atoms with Crippen molar-refractivity contribution in [1.29, 1.82) is 0 Å². The smallest absolute Gasteiger partial charge is 0.165 e. The third kappa shape index (κ3) is 5.88. The number of aromatic nitrogens is 5. The Balaban J connectivity index is 1.33. The highest BCUT2D eigenvalue weighted by Gasteiger charge is 2.18. The molecule has 0 radical (unpaired) electrons. The third-order valence-corrected chi connectivity index (χ3v) is 8.34. The van der Waals surface area contributed by atoms with Crippen LogP contribution in [0.25, 0.3) is 78.7 Å². The van der Waals surface area contributed by atoms with Gasteiger partial charge in [-0.2, -0.15) is 0 Å². The maximum atomic E-state index is 4.96. The van der Waals surface area contributed by atoms with E-state index in [-0.39, 0.29) is 0 Å². The van der Waals surface area contributed by atoms with Crippen LogP contribution in [0, 0.1) is 0 Å². The molecule has 0 unspecified atom stereocenters. The summed E-state index contributed by atoms with van der Waals surface area (Å²) in [5, 5.41) is 0. The highest BCUT2D eigenvalue weighted by Crippen LogP contribution is 2.41. The molecule has 8 rings (SSSR count). The minimum absolute atomic E-state index is 0.556. The molecule has 0 bridgehead atoms. The Hall–Kier alpha value is -6.59. The van der Waals surface area contributed by atoms with Crippen molar-refractivity contribution in [2.45, 2.75) is 0 Å². The number of nitrogens with zero attached hydrogens (tertiary/aromatic N) is 5. The minimum Gasteiger partial charge on any atom is -0.264 e. The van der Waals surface area contributed by atoms with Gasteiger partial charge in [-0.3, -0.25) is 9.97 Å². The summed E-state index contributed by atoms with van der Waals surface area (Å²) in [6, 6.07) is 52.6. The van der Waals surface area contributed by atoms with Gasteiger partial charge in [0.25, 0.3) is 0 Å². The molecule has 226 valence electrons. The van der Waals surface area contributed by atoms with Crippen LogP contribution < -0.4 is 0 Å². The van der Waals surface area contributed by atoms with Crippen LogP contribution in [-0.2, 0) is 0 Å². The lowest BCUT2D eigenvalue weighted by Gasteiger charge is -2.18. The third-order valence-electron chi connectivity index (χ3n) is 8.34. The van der Waals surface area contributed by atoms with Gasteiger partial charge in [0.2, 0.25) is 0 Å². The Morgan fingerprint density at radius 3 is 1.12 bits per heavy atom. The predicted molar refractivity (Wildman–Crippen MR) is 193 cm³/mol. The van der Waals surface area contributed by atoms with Gasteiger partial charge < -0.3 is 0 Å². The Labute approximate surface area is 279 Å². The van der Waals surface area contributed by atoms with E-state index >= 15 is 0 Å². The monoisotopic (exact) mass is 615 g/mol. The fourth-order valence-electron chi connectivity index (χ4n) is 5.97. The molecule has 5 nitrogen and oxygen atoms in total. The highest BCUT2D eigenvalue weighted by atomic mass is 15.0. The highest BCUT2D eigenvalue weighted by molar-refractivity contribution is 5.94. The Morgan fingerprint density at radius 1 is 0.271 bits per heavy atom. The zero-order valence-electron chi connectivity index (χ0n) is 26.0. The van der Waals surface area contributed by atoms with Crippen LogP contribution in [0.1, 0.15) is 0 Å². The van der Waals surface area contributed by atoms with Crippen molar-refractivity contribution < 1.29 is 0 Å². The van der Waals surface area contributed by atoms with Gasteiger partial charge >= 0.3 is 0 Å². The zero-order chi connectivity index (χ0) is 32.1. The van der Waals surface area contributed by atoms with Crippen LogP contribution in [0.2, 0.25) is 0 Å². The summed E-state index contributed by atoms with van der Waals surface area (Å²) >= 11 is 0. The molecule has 5 aromatic carbocycles. The van der Waals surface area contributed by atoms with Crippen molar-refractivity contribution >= 4 is 0 Å². The average Bonchev–Trinajstić information content (AvgIpc) is 3.19. The first-order chi connectivity index (χ1) is 23.8. The van der Waals surface area contributed by atoms with Gasteiger partial charge in [-0.1, -0.05) is 115 Å². The van der Waals surface area contributed by atoms with Crippen molar-refractivity contribution in [2.75, 3.05) is 0 Å². The molecule has 0 amide bonds. The summed E-state index contributed by atoms with van der Waals surface area (Å²) in [6.45, 7) is 0. The van der Waals surface area contributed by atoms with Crippen LogP contribution in [0.3, 0.4) is 0 Å². The van der Waals surface area contributed by atoms with Crippen LogP contribution in [0.5, 0.6) is 0 Å². The molecule has 5 heteroatoms. The van der Waals surface area contributed by atoms with E-state index in [1.165, 1.54) is 16.7 Å². The van der Waals surface area contributed by atoms with E-state index in [0.717, 1.165) is 44.5 Å². The summed E-state index contributed by atoms with van der Waals surface area (Å²) in [4.78, 5) is 23.4. The molecule has 48 heavy (non-hydrogen) atoms. The van der Waals surface area contributed by atoms with Gasteiger partial charge in [0, 0.05) is 41.5 Å². The molecular weight excluding hydrogens is 587 g/mol. The van der Waals surface area contributed by atoms with Crippen molar-refractivity contribution in [3.8, 4) is 78.7 Å². The number of hydrogen-bond donors (Lipinski definition) is 0. The van der Waals surface area contributed by atoms with Crippen molar-refractivity contribution in [3.05, 3.63) is 176 Å². The topological polar surface area (TPSA) is 64.5 Å². The van der Waals surface area contributed by atoms with Crippen LogP contribution in [0.15, 0.2) is 176 Å². The molecule has 3 aromatic heterocycles. The van der Waals surface area contributed by atoms with Gasteiger partial charge in [-0.05, 0) is 80.9 Å².